The average Bonchev–Trinajstić information content (AvgIpc) is 3.37. The van der Waals surface area contributed by atoms with Crippen LogP contribution in [0.3, 0.4) is 0 Å². The van der Waals surface area contributed by atoms with E-state index in [1.807, 2.05) is 43.3 Å². The van der Waals surface area contributed by atoms with Crippen LogP contribution in [0.1, 0.15) is 69.2 Å². The topological polar surface area (TPSA) is 128 Å². The first kappa shape index (κ1) is 30.5. The highest BCUT2D eigenvalue weighted by Gasteiger charge is 2.31. The van der Waals surface area contributed by atoms with Gasteiger partial charge in [-0.05, 0) is 72.7 Å². The van der Waals surface area contributed by atoms with Crippen molar-refractivity contribution in [2.45, 2.75) is 58.3 Å². The molecule has 0 saturated carbocycles. The third-order valence-electron chi connectivity index (χ3n) is 8.25. The van der Waals surface area contributed by atoms with Crippen molar-refractivity contribution in [3.05, 3.63) is 100 Å². The molecule has 0 aromatic heterocycles. The zero-order chi connectivity index (χ0) is 31.1. The molecule has 5 amide bonds. The minimum absolute atomic E-state index is 0.0198. The molecule has 1 unspecified atom stereocenters. The summed E-state index contributed by atoms with van der Waals surface area (Å²) in [5.41, 5.74) is 6.10. The van der Waals surface area contributed by atoms with Gasteiger partial charge in [0.25, 0.3) is 11.8 Å². The van der Waals surface area contributed by atoms with E-state index >= 15 is 0 Å². The van der Waals surface area contributed by atoms with Crippen LogP contribution >= 0.6 is 0 Å². The zero-order valence-corrected chi connectivity index (χ0v) is 24.8. The first-order valence-electron chi connectivity index (χ1n) is 14.9. The van der Waals surface area contributed by atoms with Crippen LogP contribution in [0.5, 0.6) is 0 Å². The number of hydrogen-bond acceptors (Lipinski definition) is 6. The van der Waals surface area contributed by atoms with Crippen molar-refractivity contribution in [3.8, 4) is 0 Å². The Kier molecular flexibility index (Phi) is 9.69. The Morgan fingerprint density at radius 2 is 1.64 bits per heavy atom. The molecule has 0 aliphatic carbocycles. The number of nitrogens with one attached hydrogen (secondary N) is 3. The third-order valence-corrected chi connectivity index (χ3v) is 8.25. The largest absolute Gasteiger partial charge is 0.362 e. The normalized spacial score (nSPS) is 14.3. The predicted molar refractivity (Wildman–Crippen MR) is 166 cm³/mol. The number of carbonyl (C=O) groups is 5. The summed E-state index contributed by atoms with van der Waals surface area (Å²) in [7, 11) is 0. The van der Waals surface area contributed by atoms with Crippen molar-refractivity contribution in [2.75, 3.05) is 18.0 Å². The van der Waals surface area contributed by atoms with Crippen LogP contribution < -0.4 is 20.9 Å². The first-order chi connectivity index (χ1) is 21.3. The maximum atomic E-state index is 12.9. The standard InChI is InChI=1S/C34H37N5O5/c1-23(8-15-31(41)37-22-40)39-20-28-17-27(13-14-29(28)34(39)44)33(43)36-19-25-11-9-24(10-12-25)18-35-32(42)21-38-16-4-6-26-5-2-3-7-30(26)38/h2-3,5,7,9-14,17,22-23H,4,6,8,15-16,18-21H2,1H3,(H,35,42)(H,36,43)(H,37,40,41). The molecule has 10 heteroatoms. The number of aryl methyl sites for hydroxylation is 1. The number of nitrogens with zero attached hydrogens (tertiary/aromatic N) is 2. The number of fused-ring (bicyclic) bond motifs is 2. The Morgan fingerprint density at radius 1 is 0.909 bits per heavy atom. The van der Waals surface area contributed by atoms with Gasteiger partial charge >= 0.3 is 0 Å². The summed E-state index contributed by atoms with van der Waals surface area (Å²) < 4.78 is 0. The van der Waals surface area contributed by atoms with Crippen LogP contribution in [0, 0.1) is 0 Å². The highest BCUT2D eigenvalue weighted by Crippen LogP contribution is 2.28. The molecular weight excluding hydrogens is 558 g/mol. The van der Waals surface area contributed by atoms with Gasteiger partial charge < -0.3 is 20.4 Å². The van der Waals surface area contributed by atoms with Gasteiger partial charge in [0.15, 0.2) is 0 Å². The lowest BCUT2D eigenvalue weighted by atomic mass is 10.0. The Morgan fingerprint density at radius 3 is 2.39 bits per heavy atom. The molecular formula is C34H37N5O5. The molecule has 44 heavy (non-hydrogen) atoms. The monoisotopic (exact) mass is 595 g/mol. The lowest BCUT2D eigenvalue weighted by molar-refractivity contribution is -0.125. The van der Waals surface area contributed by atoms with Gasteiger partial charge in [-0.2, -0.15) is 0 Å². The maximum Gasteiger partial charge on any atom is 0.254 e. The summed E-state index contributed by atoms with van der Waals surface area (Å²) in [4.78, 5) is 64.3. The van der Waals surface area contributed by atoms with Crippen LogP contribution in [0.4, 0.5) is 5.69 Å². The number of carbonyl (C=O) groups excluding carboxylic acids is 5. The van der Waals surface area contributed by atoms with Crippen molar-refractivity contribution in [2.24, 2.45) is 0 Å². The van der Waals surface area contributed by atoms with Gasteiger partial charge in [0.1, 0.15) is 0 Å². The second-order valence-corrected chi connectivity index (χ2v) is 11.3. The Balaban J connectivity index is 1.08. The number of amides is 5. The van der Waals surface area contributed by atoms with Crippen LogP contribution in [0.25, 0.3) is 0 Å². The minimum atomic E-state index is -0.383. The zero-order valence-electron chi connectivity index (χ0n) is 24.8. The fourth-order valence-electron chi connectivity index (χ4n) is 5.74. The molecule has 0 fully saturated rings. The van der Waals surface area contributed by atoms with Gasteiger partial charge in [0.05, 0.1) is 6.54 Å². The highest BCUT2D eigenvalue weighted by atomic mass is 16.2. The van der Waals surface area contributed by atoms with Crippen molar-refractivity contribution >= 4 is 35.7 Å². The second-order valence-electron chi connectivity index (χ2n) is 11.3. The van der Waals surface area contributed by atoms with E-state index in [1.165, 1.54) is 5.56 Å². The molecule has 0 bridgehead atoms. The molecule has 0 spiro atoms. The molecule has 2 aliphatic rings. The average molecular weight is 596 g/mol. The van der Waals surface area contributed by atoms with Crippen LogP contribution in [0.15, 0.2) is 66.7 Å². The van der Waals surface area contributed by atoms with Gasteiger partial charge in [-0.1, -0.05) is 42.5 Å². The van der Waals surface area contributed by atoms with E-state index in [1.54, 1.807) is 23.1 Å². The summed E-state index contributed by atoms with van der Waals surface area (Å²) in [6, 6.07) is 20.8. The van der Waals surface area contributed by atoms with Crippen LogP contribution in [0.2, 0.25) is 0 Å². The fraction of sp³-hybridized carbons (Fsp3) is 0.324. The summed E-state index contributed by atoms with van der Waals surface area (Å²) in [6.45, 7) is 4.18. The van der Waals surface area contributed by atoms with Gasteiger partial charge in [-0.15, -0.1) is 0 Å². The van der Waals surface area contributed by atoms with Gasteiger partial charge in [0, 0.05) is 55.5 Å². The SMILES string of the molecule is CC(CCC(=O)NC=O)N1Cc2cc(C(=O)NCc3ccc(CNC(=O)CN4CCCc5ccccc54)cc3)ccc2C1=O. The number of rotatable bonds is 12. The molecule has 10 nitrogen and oxygen atoms in total. The summed E-state index contributed by atoms with van der Waals surface area (Å²) in [5, 5.41) is 8.05. The predicted octanol–water partition coefficient (Wildman–Crippen LogP) is 3.08. The highest BCUT2D eigenvalue weighted by molar-refractivity contribution is 6.01. The Bertz CT molecular complexity index is 1550. The summed E-state index contributed by atoms with van der Waals surface area (Å²) >= 11 is 0. The van der Waals surface area contributed by atoms with E-state index in [0.29, 0.717) is 50.1 Å². The molecule has 3 N–H and O–H groups in total. The number of imide groups is 1. The molecule has 3 aromatic rings. The molecule has 5 rings (SSSR count). The lowest BCUT2D eigenvalue weighted by Gasteiger charge is -2.30. The number of para-hydroxylation sites is 1. The summed E-state index contributed by atoms with van der Waals surface area (Å²) in [6.07, 6.45) is 3.00. The van der Waals surface area contributed by atoms with Gasteiger partial charge in [-0.3, -0.25) is 29.3 Å². The van der Waals surface area contributed by atoms with Crippen LogP contribution in [-0.4, -0.2) is 54.1 Å². The number of hydrogen-bond donors (Lipinski definition) is 3. The fourth-order valence-corrected chi connectivity index (χ4v) is 5.74. The molecule has 2 heterocycles. The van der Waals surface area contributed by atoms with Crippen molar-refractivity contribution in [1.82, 2.24) is 20.9 Å². The number of benzene rings is 3. The molecule has 3 aromatic carbocycles. The van der Waals surface area contributed by atoms with Gasteiger partial charge in [0.2, 0.25) is 18.2 Å². The smallest absolute Gasteiger partial charge is 0.254 e. The number of anilines is 1. The third kappa shape index (κ3) is 7.31. The Labute approximate surface area is 256 Å². The van der Waals surface area contributed by atoms with E-state index in [2.05, 4.69) is 33.0 Å². The minimum Gasteiger partial charge on any atom is -0.362 e. The van der Waals surface area contributed by atoms with E-state index in [9.17, 15) is 24.0 Å². The molecule has 2 aliphatic heterocycles. The van der Waals surface area contributed by atoms with E-state index in [4.69, 9.17) is 0 Å². The van der Waals surface area contributed by atoms with E-state index < -0.39 is 0 Å². The molecule has 0 radical (unpaired) electrons. The van der Waals surface area contributed by atoms with Crippen molar-refractivity contribution in [1.29, 1.82) is 0 Å². The first-order valence-corrected chi connectivity index (χ1v) is 14.9. The maximum absolute atomic E-state index is 12.9. The van der Waals surface area contributed by atoms with Crippen molar-refractivity contribution < 1.29 is 24.0 Å². The van der Waals surface area contributed by atoms with Crippen LogP contribution in [-0.2, 0) is 40.4 Å². The Hall–Kier alpha value is -4.99. The quantitative estimate of drug-likeness (QED) is 0.276. The van der Waals surface area contributed by atoms with Crippen molar-refractivity contribution in [3.63, 3.8) is 0 Å². The lowest BCUT2D eigenvalue weighted by Crippen LogP contribution is -2.39. The van der Waals surface area contributed by atoms with Gasteiger partial charge in [-0.25, -0.2) is 0 Å². The summed E-state index contributed by atoms with van der Waals surface area (Å²) in [5.74, 6) is -0.781. The molecule has 0 saturated heterocycles. The molecule has 1 atom stereocenters. The van der Waals surface area contributed by atoms with E-state index in [-0.39, 0.29) is 36.1 Å². The van der Waals surface area contributed by atoms with E-state index in [0.717, 1.165) is 41.8 Å². The molecule has 228 valence electrons. The second kappa shape index (κ2) is 14.0.